The van der Waals surface area contributed by atoms with Crippen molar-refractivity contribution in [2.24, 2.45) is 5.92 Å². The van der Waals surface area contributed by atoms with Crippen LogP contribution in [0.2, 0.25) is 0 Å². The second-order valence-corrected chi connectivity index (χ2v) is 5.65. The molecule has 1 aromatic carbocycles. The molecule has 0 spiro atoms. The highest BCUT2D eigenvalue weighted by atomic mass is 16.4. The number of carboxylic acid groups (broad SMARTS) is 1. The maximum Gasteiger partial charge on any atom is 0.335 e. The van der Waals surface area contributed by atoms with E-state index in [0.29, 0.717) is 11.6 Å². The minimum Gasteiger partial charge on any atom is -0.478 e. The van der Waals surface area contributed by atoms with E-state index in [4.69, 9.17) is 5.11 Å². The predicted octanol–water partition coefficient (Wildman–Crippen LogP) is 3.35. The fourth-order valence-electron chi connectivity index (χ4n) is 2.79. The molecular weight excluding hydrogens is 268 g/mol. The number of carbonyl (C=O) groups is 2. The zero-order chi connectivity index (χ0) is 15.4. The van der Waals surface area contributed by atoms with Crippen LogP contribution in [-0.4, -0.2) is 35.1 Å². The van der Waals surface area contributed by atoms with Crippen LogP contribution in [0.1, 0.15) is 42.1 Å². The summed E-state index contributed by atoms with van der Waals surface area (Å²) < 4.78 is 0. The van der Waals surface area contributed by atoms with Gasteiger partial charge in [-0.15, -0.1) is 0 Å². The molecule has 1 aliphatic heterocycles. The van der Waals surface area contributed by atoms with Gasteiger partial charge in [0.2, 0.25) is 0 Å². The lowest BCUT2D eigenvalue weighted by molar-refractivity contribution is 0.0697. The van der Waals surface area contributed by atoms with Gasteiger partial charge in [-0.25, -0.2) is 9.59 Å². The van der Waals surface area contributed by atoms with Crippen molar-refractivity contribution in [2.45, 2.75) is 33.1 Å². The molecule has 0 bridgehead atoms. The molecular formula is C16H22N2O3. The van der Waals surface area contributed by atoms with Crippen LogP contribution in [0.5, 0.6) is 0 Å². The molecule has 1 saturated heterocycles. The number of carbonyl (C=O) groups excluding carboxylic acids is 1. The van der Waals surface area contributed by atoms with Crippen LogP contribution in [0.15, 0.2) is 18.2 Å². The van der Waals surface area contributed by atoms with Crippen LogP contribution in [0.4, 0.5) is 10.5 Å². The summed E-state index contributed by atoms with van der Waals surface area (Å²) in [6, 6.07) is 4.63. The largest absolute Gasteiger partial charge is 0.478 e. The van der Waals surface area contributed by atoms with Crippen molar-refractivity contribution in [1.82, 2.24) is 4.90 Å². The fourth-order valence-corrected chi connectivity index (χ4v) is 2.79. The van der Waals surface area contributed by atoms with Gasteiger partial charge in [0.15, 0.2) is 0 Å². The van der Waals surface area contributed by atoms with E-state index in [1.165, 1.54) is 6.07 Å². The molecule has 5 nitrogen and oxygen atoms in total. The lowest BCUT2D eigenvalue weighted by Crippen LogP contribution is -2.33. The van der Waals surface area contributed by atoms with Gasteiger partial charge in [0.1, 0.15) is 0 Å². The topological polar surface area (TPSA) is 69.6 Å². The standard InChI is InChI=1S/C16H22N2O3/c1-3-4-12-7-8-18(10-12)16(21)17-14-6-5-13(15(19)20)9-11(14)2/h5-6,9,12H,3-4,7-8,10H2,1-2H3,(H,17,21)(H,19,20). The van der Waals surface area contributed by atoms with Gasteiger partial charge < -0.3 is 15.3 Å². The monoisotopic (exact) mass is 290 g/mol. The van der Waals surface area contributed by atoms with Crippen molar-refractivity contribution < 1.29 is 14.7 Å². The molecule has 21 heavy (non-hydrogen) atoms. The molecule has 1 aromatic rings. The summed E-state index contributed by atoms with van der Waals surface area (Å²) in [5.41, 5.74) is 1.66. The number of hydrogen-bond donors (Lipinski definition) is 2. The van der Waals surface area contributed by atoms with E-state index in [1.54, 1.807) is 19.1 Å². The van der Waals surface area contributed by atoms with Crippen molar-refractivity contribution in [3.63, 3.8) is 0 Å². The number of nitrogens with one attached hydrogen (secondary N) is 1. The second kappa shape index (κ2) is 6.61. The normalized spacial score (nSPS) is 17.8. The van der Waals surface area contributed by atoms with Crippen molar-refractivity contribution in [1.29, 1.82) is 0 Å². The first-order chi connectivity index (χ1) is 10.0. The Labute approximate surface area is 125 Å². The molecule has 0 radical (unpaired) electrons. The molecule has 1 unspecified atom stereocenters. The molecule has 114 valence electrons. The third kappa shape index (κ3) is 3.74. The highest BCUT2D eigenvalue weighted by Crippen LogP contribution is 2.23. The third-order valence-corrected chi connectivity index (χ3v) is 3.98. The van der Waals surface area contributed by atoms with Gasteiger partial charge in [0, 0.05) is 18.8 Å². The molecule has 1 fully saturated rings. The highest BCUT2D eigenvalue weighted by molar-refractivity contribution is 5.92. The number of anilines is 1. The average Bonchev–Trinajstić information content (AvgIpc) is 2.90. The van der Waals surface area contributed by atoms with Crippen LogP contribution in [0, 0.1) is 12.8 Å². The van der Waals surface area contributed by atoms with Gasteiger partial charge in [-0.2, -0.15) is 0 Å². The molecule has 2 amide bonds. The Hall–Kier alpha value is -2.04. The lowest BCUT2D eigenvalue weighted by atomic mass is 10.0. The van der Waals surface area contributed by atoms with E-state index in [9.17, 15) is 9.59 Å². The molecule has 0 aromatic heterocycles. The van der Waals surface area contributed by atoms with Crippen LogP contribution < -0.4 is 5.32 Å². The summed E-state index contributed by atoms with van der Waals surface area (Å²) >= 11 is 0. The van der Waals surface area contributed by atoms with Gasteiger partial charge in [-0.05, 0) is 49.4 Å². The smallest absolute Gasteiger partial charge is 0.335 e. The maximum absolute atomic E-state index is 12.2. The predicted molar refractivity (Wildman–Crippen MR) is 81.7 cm³/mol. The zero-order valence-electron chi connectivity index (χ0n) is 12.6. The Morgan fingerprint density at radius 2 is 2.19 bits per heavy atom. The Bertz CT molecular complexity index is 542. The van der Waals surface area contributed by atoms with E-state index in [-0.39, 0.29) is 11.6 Å². The Morgan fingerprint density at radius 3 is 2.81 bits per heavy atom. The van der Waals surface area contributed by atoms with Crippen molar-refractivity contribution in [3.8, 4) is 0 Å². The Kier molecular flexibility index (Phi) is 4.83. The first kappa shape index (κ1) is 15.4. The summed E-state index contributed by atoms with van der Waals surface area (Å²) in [7, 11) is 0. The zero-order valence-corrected chi connectivity index (χ0v) is 12.6. The molecule has 2 N–H and O–H groups in total. The number of nitrogens with zero attached hydrogens (tertiary/aromatic N) is 1. The first-order valence-electron chi connectivity index (χ1n) is 7.41. The van der Waals surface area contributed by atoms with Crippen molar-refractivity contribution in [3.05, 3.63) is 29.3 Å². The third-order valence-electron chi connectivity index (χ3n) is 3.98. The number of hydrogen-bond acceptors (Lipinski definition) is 2. The van der Waals surface area contributed by atoms with Crippen LogP contribution in [0.3, 0.4) is 0 Å². The number of aryl methyl sites for hydroxylation is 1. The van der Waals surface area contributed by atoms with Gasteiger partial charge >= 0.3 is 12.0 Å². The first-order valence-corrected chi connectivity index (χ1v) is 7.41. The molecule has 1 aliphatic rings. The van der Waals surface area contributed by atoms with Gasteiger partial charge in [0.25, 0.3) is 0 Å². The lowest BCUT2D eigenvalue weighted by Gasteiger charge is -2.18. The van der Waals surface area contributed by atoms with E-state index in [0.717, 1.165) is 37.9 Å². The van der Waals surface area contributed by atoms with Gasteiger partial charge in [-0.3, -0.25) is 0 Å². The average molecular weight is 290 g/mol. The number of likely N-dealkylation sites (tertiary alicyclic amines) is 1. The summed E-state index contributed by atoms with van der Waals surface area (Å²) in [6.07, 6.45) is 3.38. The number of amides is 2. The number of aromatic carboxylic acids is 1. The molecule has 1 atom stereocenters. The number of carboxylic acids is 1. The van der Waals surface area contributed by atoms with E-state index >= 15 is 0 Å². The second-order valence-electron chi connectivity index (χ2n) is 5.65. The molecule has 0 saturated carbocycles. The van der Waals surface area contributed by atoms with Crippen molar-refractivity contribution in [2.75, 3.05) is 18.4 Å². The van der Waals surface area contributed by atoms with Gasteiger partial charge in [0.05, 0.1) is 5.56 Å². The van der Waals surface area contributed by atoms with Crippen LogP contribution >= 0.6 is 0 Å². The van der Waals surface area contributed by atoms with E-state index in [2.05, 4.69) is 12.2 Å². The minimum absolute atomic E-state index is 0.0974. The van der Waals surface area contributed by atoms with Crippen LogP contribution in [-0.2, 0) is 0 Å². The van der Waals surface area contributed by atoms with E-state index < -0.39 is 5.97 Å². The van der Waals surface area contributed by atoms with Crippen LogP contribution in [0.25, 0.3) is 0 Å². The minimum atomic E-state index is -0.960. The maximum atomic E-state index is 12.2. The summed E-state index contributed by atoms with van der Waals surface area (Å²) in [5.74, 6) is -0.353. The summed E-state index contributed by atoms with van der Waals surface area (Å²) in [6.45, 7) is 5.57. The quantitative estimate of drug-likeness (QED) is 0.893. The van der Waals surface area contributed by atoms with Crippen molar-refractivity contribution >= 4 is 17.7 Å². The highest BCUT2D eigenvalue weighted by Gasteiger charge is 2.25. The Morgan fingerprint density at radius 1 is 1.43 bits per heavy atom. The molecule has 2 rings (SSSR count). The Balaban J connectivity index is 1.99. The number of benzene rings is 1. The van der Waals surface area contributed by atoms with Gasteiger partial charge in [-0.1, -0.05) is 13.3 Å². The fraction of sp³-hybridized carbons (Fsp3) is 0.500. The molecule has 0 aliphatic carbocycles. The molecule has 1 heterocycles. The summed E-state index contributed by atoms with van der Waals surface area (Å²) in [5, 5.41) is 11.8. The summed E-state index contributed by atoms with van der Waals surface area (Å²) in [4.78, 5) is 25.0. The SMILES string of the molecule is CCCC1CCN(C(=O)Nc2ccc(C(=O)O)cc2C)C1. The number of urea groups is 1. The van der Waals surface area contributed by atoms with E-state index in [1.807, 2.05) is 4.90 Å². The molecule has 5 heteroatoms. The number of rotatable bonds is 4.